The molecule has 0 bridgehead atoms. The zero-order valence-electron chi connectivity index (χ0n) is 9.03. The highest BCUT2D eigenvalue weighted by molar-refractivity contribution is 5.38. The Bertz CT molecular complexity index is 348. The molecule has 3 rings (SSSR count). The van der Waals surface area contributed by atoms with Crippen LogP contribution in [-0.4, -0.2) is 11.9 Å². The largest absolute Gasteiger partial charge is 0.462 e. The van der Waals surface area contributed by atoms with Crippen molar-refractivity contribution in [2.24, 2.45) is 0 Å². The normalized spacial score (nSPS) is 33.8. The van der Waals surface area contributed by atoms with Crippen molar-refractivity contribution in [1.82, 2.24) is 0 Å². The highest BCUT2D eigenvalue weighted by atomic mass is 16.7. The van der Waals surface area contributed by atoms with E-state index in [2.05, 4.69) is 19.1 Å². The van der Waals surface area contributed by atoms with Crippen molar-refractivity contribution in [1.29, 1.82) is 0 Å². The molecule has 1 saturated heterocycles. The first kappa shape index (κ1) is 9.22. The fraction of sp³-hybridized carbons (Fsp3) is 0.538. The number of fused-ring (bicyclic) bond motifs is 1. The third kappa shape index (κ3) is 1.53. The van der Waals surface area contributed by atoms with Crippen LogP contribution in [0, 0.1) is 0 Å². The van der Waals surface area contributed by atoms with Crippen LogP contribution in [0.1, 0.15) is 31.7 Å². The molecule has 2 aliphatic heterocycles. The standard InChI is InChI=1S/C13H16O2/c1-10-5-4-8-13(14-10)9-11-6-2-3-7-12(11)15-13/h2-3,6-7,10H,4-5,8-9H2,1H3. The summed E-state index contributed by atoms with van der Waals surface area (Å²) in [6, 6.07) is 8.25. The summed E-state index contributed by atoms with van der Waals surface area (Å²) in [5, 5.41) is 0. The molecule has 1 fully saturated rings. The topological polar surface area (TPSA) is 18.5 Å². The zero-order chi connectivity index (χ0) is 10.3. The fourth-order valence-electron chi connectivity index (χ4n) is 2.62. The maximum Gasteiger partial charge on any atom is 0.215 e. The summed E-state index contributed by atoms with van der Waals surface area (Å²) in [4.78, 5) is 0. The zero-order valence-corrected chi connectivity index (χ0v) is 9.03. The summed E-state index contributed by atoms with van der Waals surface area (Å²) in [7, 11) is 0. The molecule has 1 spiro atoms. The molecule has 0 N–H and O–H groups in total. The third-order valence-corrected chi connectivity index (χ3v) is 3.31. The number of para-hydroxylation sites is 1. The Balaban J connectivity index is 1.87. The maximum absolute atomic E-state index is 6.00. The van der Waals surface area contributed by atoms with Gasteiger partial charge in [-0.3, -0.25) is 0 Å². The summed E-state index contributed by atoms with van der Waals surface area (Å²) < 4.78 is 12.0. The van der Waals surface area contributed by atoms with Gasteiger partial charge in [-0.15, -0.1) is 0 Å². The van der Waals surface area contributed by atoms with Crippen molar-refractivity contribution in [3.8, 4) is 5.75 Å². The smallest absolute Gasteiger partial charge is 0.215 e. The summed E-state index contributed by atoms with van der Waals surface area (Å²) in [6.45, 7) is 2.13. The van der Waals surface area contributed by atoms with Gasteiger partial charge in [-0.05, 0) is 25.8 Å². The van der Waals surface area contributed by atoms with Crippen LogP contribution in [0.2, 0.25) is 0 Å². The van der Waals surface area contributed by atoms with Crippen molar-refractivity contribution in [2.75, 3.05) is 0 Å². The Hall–Kier alpha value is -1.02. The molecule has 2 heteroatoms. The van der Waals surface area contributed by atoms with Crippen LogP contribution in [0.3, 0.4) is 0 Å². The van der Waals surface area contributed by atoms with Gasteiger partial charge >= 0.3 is 0 Å². The Morgan fingerprint density at radius 2 is 2.20 bits per heavy atom. The number of ether oxygens (including phenoxy) is 2. The molecule has 0 aliphatic carbocycles. The Morgan fingerprint density at radius 1 is 1.33 bits per heavy atom. The Morgan fingerprint density at radius 3 is 3.00 bits per heavy atom. The monoisotopic (exact) mass is 204 g/mol. The van der Waals surface area contributed by atoms with E-state index in [1.807, 2.05) is 12.1 Å². The Kier molecular flexibility index (Phi) is 1.99. The van der Waals surface area contributed by atoms with E-state index in [1.54, 1.807) is 0 Å². The highest BCUT2D eigenvalue weighted by Crippen LogP contribution is 2.41. The van der Waals surface area contributed by atoms with Gasteiger partial charge < -0.3 is 9.47 Å². The first-order valence-electron chi connectivity index (χ1n) is 5.72. The number of hydrogen-bond acceptors (Lipinski definition) is 2. The van der Waals surface area contributed by atoms with Gasteiger partial charge in [0.1, 0.15) is 5.75 Å². The second-order valence-corrected chi connectivity index (χ2v) is 4.62. The van der Waals surface area contributed by atoms with E-state index < -0.39 is 0 Å². The van der Waals surface area contributed by atoms with E-state index in [4.69, 9.17) is 9.47 Å². The van der Waals surface area contributed by atoms with Gasteiger partial charge in [-0.2, -0.15) is 0 Å². The molecular weight excluding hydrogens is 188 g/mol. The average molecular weight is 204 g/mol. The maximum atomic E-state index is 6.00. The first-order chi connectivity index (χ1) is 7.27. The van der Waals surface area contributed by atoms with Crippen LogP contribution in [0.25, 0.3) is 0 Å². The third-order valence-electron chi connectivity index (χ3n) is 3.31. The summed E-state index contributed by atoms with van der Waals surface area (Å²) >= 11 is 0. The molecule has 0 radical (unpaired) electrons. The van der Waals surface area contributed by atoms with Gasteiger partial charge in [0.05, 0.1) is 6.10 Å². The molecule has 2 unspecified atom stereocenters. The van der Waals surface area contributed by atoms with Crippen LogP contribution < -0.4 is 4.74 Å². The predicted octanol–water partition coefficient (Wildman–Crippen LogP) is 2.91. The lowest BCUT2D eigenvalue weighted by Crippen LogP contribution is -2.43. The molecule has 80 valence electrons. The first-order valence-corrected chi connectivity index (χ1v) is 5.72. The van der Waals surface area contributed by atoms with E-state index in [9.17, 15) is 0 Å². The number of hydrogen-bond donors (Lipinski definition) is 0. The van der Waals surface area contributed by atoms with E-state index in [0.29, 0.717) is 6.10 Å². The minimum atomic E-state index is -0.346. The summed E-state index contributed by atoms with van der Waals surface area (Å²) in [6.07, 6.45) is 4.61. The second kappa shape index (κ2) is 3.24. The second-order valence-electron chi connectivity index (χ2n) is 4.62. The number of benzene rings is 1. The molecule has 2 nitrogen and oxygen atoms in total. The van der Waals surface area contributed by atoms with Gasteiger partial charge in [-0.1, -0.05) is 18.2 Å². The van der Waals surface area contributed by atoms with Gasteiger partial charge in [-0.25, -0.2) is 0 Å². The van der Waals surface area contributed by atoms with E-state index >= 15 is 0 Å². The minimum Gasteiger partial charge on any atom is -0.462 e. The van der Waals surface area contributed by atoms with Gasteiger partial charge in [0.25, 0.3) is 0 Å². The van der Waals surface area contributed by atoms with Crippen LogP contribution in [0.15, 0.2) is 24.3 Å². The number of rotatable bonds is 0. The van der Waals surface area contributed by atoms with Crippen LogP contribution in [0.5, 0.6) is 5.75 Å². The molecule has 0 saturated carbocycles. The predicted molar refractivity (Wildman–Crippen MR) is 57.9 cm³/mol. The summed E-state index contributed by atoms with van der Waals surface area (Å²) in [5.41, 5.74) is 1.28. The Labute approximate surface area is 90.2 Å². The lowest BCUT2D eigenvalue weighted by atomic mass is 9.97. The summed E-state index contributed by atoms with van der Waals surface area (Å²) in [5.74, 6) is 0.660. The van der Waals surface area contributed by atoms with E-state index in [0.717, 1.165) is 25.0 Å². The lowest BCUT2D eigenvalue weighted by Gasteiger charge is -2.36. The quantitative estimate of drug-likeness (QED) is 0.647. The molecule has 1 aromatic carbocycles. The highest BCUT2D eigenvalue weighted by Gasteiger charge is 2.43. The molecule has 2 atom stereocenters. The van der Waals surface area contributed by atoms with E-state index in [1.165, 1.54) is 12.0 Å². The lowest BCUT2D eigenvalue weighted by molar-refractivity contribution is -0.220. The average Bonchev–Trinajstić information content (AvgIpc) is 2.54. The fourth-order valence-corrected chi connectivity index (χ4v) is 2.62. The van der Waals surface area contributed by atoms with Crippen molar-refractivity contribution in [3.05, 3.63) is 29.8 Å². The van der Waals surface area contributed by atoms with Crippen LogP contribution in [0.4, 0.5) is 0 Å². The van der Waals surface area contributed by atoms with Crippen LogP contribution in [-0.2, 0) is 11.2 Å². The van der Waals surface area contributed by atoms with Crippen molar-refractivity contribution >= 4 is 0 Å². The van der Waals surface area contributed by atoms with Crippen molar-refractivity contribution in [2.45, 2.75) is 44.5 Å². The van der Waals surface area contributed by atoms with E-state index in [-0.39, 0.29) is 5.79 Å². The molecular formula is C13H16O2. The molecule has 0 aromatic heterocycles. The van der Waals surface area contributed by atoms with Gasteiger partial charge in [0.15, 0.2) is 0 Å². The van der Waals surface area contributed by atoms with Gasteiger partial charge in [0.2, 0.25) is 5.79 Å². The molecule has 15 heavy (non-hydrogen) atoms. The SMILES string of the molecule is CC1CCCC2(Cc3ccccc3O2)O1. The molecule has 2 aliphatic rings. The van der Waals surface area contributed by atoms with Gasteiger partial charge in [0, 0.05) is 18.4 Å². The molecule has 1 aromatic rings. The minimum absolute atomic E-state index is 0.327. The molecule has 0 amide bonds. The van der Waals surface area contributed by atoms with Crippen molar-refractivity contribution in [3.63, 3.8) is 0 Å². The van der Waals surface area contributed by atoms with Crippen molar-refractivity contribution < 1.29 is 9.47 Å². The molecule has 2 heterocycles. The van der Waals surface area contributed by atoms with Crippen LogP contribution >= 0.6 is 0 Å².